The van der Waals surface area contributed by atoms with Crippen molar-refractivity contribution in [3.8, 4) is 21.8 Å². The Morgan fingerprint density at radius 2 is 1.82 bits per heavy atom. The zero-order chi connectivity index (χ0) is 26.2. The number of aryl methyl sites for hydroxylation is 1. The minimum absolute atomic E-state index is 0.00283. The minimum atomic E-state index is -0.321. The maximum Gasteiger partial charge on any atom is 0.253 e. The summed E-state index contributed by atoms with van der Waals surface area (Å²) in [7, 11) is 0. The van der Waals surface area contributed by atoms with Gasteiger partial charge in [0.2, 0.25) is 5.95 Å². The average Bonchev–Trinajstić information content (AvgIpc) is 3.30. The molecule has 38 heavy (non-hydrogen) atoms. The molecule has 4 aromatic rings. The van der Waals surface area contributed by atoms with E-state index >= 15 is 0 Å². The molecular weight excluding hydrogens is 502 g/mol. The van der Waals surface area contributed by atoms with Gasteiger partial charge in [-0.1, -0.05) is 12.1 Å². The van der Waals surface area contributed by atoms with Crippen LogP contribution in [0.25, 0.3) is 32.0 Å². The van der Waals surface area contributed by atoms with Crippen LogP contribution in [0.4, 0.5) is 11.8 Å². The van der Waals surface area contributed by atoms with Crippen LogP contribution in [0.2, 0.25) is 0 Å². The van der Waals surface area contributed by atoms with Crippen molar-refractivity contribution in [3.05, 3.63) is 47.8 Å². The molecule has 196 valence electrons. The van der Waals surface area contributed by atoms with Crippen molar-refractivity contribution in [2.45, 2.75) is 25.9 Å². The highest BCUT2D eigenvalue weighted by Gasteiger charge is 2.25. The predicted molar refractivity (Wildman–Crippen MR) is 147 cm³/mol. The minimum Gasteiger partial charge on any atom is -0.393 e. The van der Waals surface area contributed by atoms with E-state index in [0.717, 1.165) is 45.1 Å². The maximum atomic E-state index is 13.2. The molecule has 3 N–H and O–H groups in total. The Morgan fingerprint density at radius 1 is 1.08 bits per heavy atom. The number of piperidine rings is 1. The number of aliphatic hydroxyl groups excluding tert-OH is 1. The number of hydrogen-bond donors (Lipinski definition) is 2. The number of aromatic nitrogens is 4. The smallest absolute Gasteiger partial charge is 0.253 e. The van der Waals surface area contributed by atoms with E-state index in [2.05, 4.69) is 21.8 Å². The van der Waals surface area contributed by atoms with Gasteiger partial charge in [-0.3, -0.25) is 4.79 Å². The first kappa shape index (κ1) is 24.7. The lowest BCUT2D eigenvalue weighted by atomic mass is 10.0. The Labute approximate surface area is 224 Å². The van der Waals surface area contributed by atoms with Crippen LogP contribution in [-0.4, -0.2) is 81.3 Å². The molecule has 6 rings (SSSR count). The van der Waals surface area contributed by atoms with Crippen molar-refractivity contribution < 1.29 is 14.6 Å². The van der Waals surface area contributed by atoms with E-state index in [0.29, 0.717) is 56.1 Å². The maximum absolute atomic E-state index is 13.2. The van der Waals surface area contributed by atoms with Gasteiger partial charge in [0.15, 0.2) is 11.6 Å². The molecule has 0 spiro atoms. The largest absolute Gasteiger partial charge is 0.393 e. The van der Waals surface area contributed by atoms with Gasteiger partial charge < -0.3 is 25.4 Å². The predicted octanol–water partition coefficient (Wildman–Crippen LogP) is 3.14. The van der Waals surface area contributed by atoms with Gasteiger partial charge in [0, 0.05) is 49.0 Å². The number of nitrogens with zero attached hydrogens (tertiary/aromatic N) is 6. The molecule has 1 amide bonds. The molecule has 2 fully saturated rings. The van der Waals surface area contributed by atoms with Gasteiger partial charge in [0.25, 0.3) is 5.91 Å². The Hall–Kier alpha value is -3.67. The Morgan fingerprint density at radius 3 is 2.55 bits per heavy atom. The number of rotatable bonds is 4. The zero-order valence-corrected chi connectivity index (χ0v) is 21.9. The van der Waals surface area contributed by atoms with E-state index in [4.69, 9.17) is 20.4 Å². The standard InChI is InChI=1S/C27H29N7O3S/c1-16-21-23(25(33-9-11-37-12-10-33)32-24(31-21)19-14-29-27(28)30-15-19)38-22(16)17-3-2-4-18(13-17)26(36)34-7-5-20(35)6-8-34/h2-4,13-15,20,35H,5-12H2,1H3,(H2,28,29,30). The second kappa shape index (κ2) is 10.2. The number of ether oxygens (including phenoxy) is 1. The second-order valence-corrected chi connectivity index (χ2v) is 10.7. The third-order valence-electron chi connectivity index (χ3n) is 7.11. The average molecular weight is 532 g/mol. The second-order valence-electron chi connectivity index (χ2n) is 9.64. The number of benzene rings is 1. The number of likely N-dealkylation sites (tertiary alicyclic amines) is 1. The van der Waals surface area contributed by atoms with E-state index < -0.39 is 0 Å². The summed E-state index contributed by atoms with van der Waals surface area (Å²) in [4.78, 5) is 36.5. The number of carbonyl (C=O) groups excluding carboxylic acids is 1. The fourth-order valence-corrected chi connectivity index (χ4v) is 6.23. The molecule has 0 saturated carbocycles. The summed E-state index contributed by atoms with van der Waals surface area (Å²) in [6, 6.07) is 7.78. The van der Waals surface area contributed by atoms with Crippen molar-refractivity contribution >= 4 is 39.2 Å². The lowest BCUT2D eigenvalue weighted by Crippen LogP contribution is -2.40. The molecule has 11 heteroatoms. The molecule has 2 aliphatic rings. The molecule has 0 atom stereocenters. The van der Waals surface area contributed by atoms with Gasteiger partial charge in [-0.15, -0.1) is 11.3 Å². The van der Waals surface area contributed by atoms with E-state index in [1.807, 2.05) is 29.2 Å². The fourth-order valence-electron chi connectivity index (χ4n) is 4.97. The van der Waals surface area contributed by atoms with Crippen LogP contribution < -0.4 is 10.6 Å². The quantitative estimate of drug-likeness (QED) is 0.408. The highest BCUT2D eigenvalue weighted by atomic mass is 32.1. The van der Waals surface area contributed by atoms with Crippen LogP contribution in [0.15, 0.2) is 36.7 Å². The lowest BCUT2D eigenvalue weighted by Gasteiger charge is -2.29. The summed E-state index contributed by atoms with van der Waals surface area (Å²) in [5.41, 5.74) is 9.92. The van der Waals surface area contributed by atoms with Gasteiger partial charge in [-0.05, 0) is 43.0 Å². The van der Waals surface area contributed by atoms with E-state index in [9.17, 15) is 9.90 Å². The monoisotopic (exact) mass is 531 g/mol. The van der Waals surface area contributed by atoms with E-state index in [1.54, 1.807) is 23.7 Å². The molecule has 0 aliphatic carbocycles. The van der Waals surface area contributed by atoms with Gasteiger partial charge in [-0.25, -0.2) is 19.9 Å². The van der Waals surface area contributed by atoms with Crippen LogP contribution in [0.5, 0.6) is 0 Å². The van der Waals surface area contributed by atoms with Crippen LogP contribution in [0.1, 0.15) is 28.8 Å². The summed E-state index contributed by atoms with van der Waals surface area (Å²) in [6.45, 7) is 5.97. The number of fused-ring (bicyclic) bond motifs is 1. The third kappa shape index (κ3) is 4.68. The number of aliphatic hydroxyl groups is 1. The number of amides is 1. The van der Waals surface area contributed by atoms with Crippen molar-refractivity contribution in [3.63, 3.8) is 0 Å². The first-order valence-corrected chi connectivity index (χ1v) is 13.6. The molecule has 0 radical (unpaired) electrons. The molecule has 0 bridgehead atoms. The van der Waals surface area contributed by atoms with Crippen molar-refractivity contribution in [1.29, 1.82) is 0 Å². The van der Waals surface area contributed by atoms with Crippen LogP contribution >= 0.6 is 11.3 Å². The topological polar surface area (TPSA) is 131 Å². The number of morpholine rings is 1. The number of carbonyl (C=O) groups is 1. The molecule has 10 nitrogen and oxygen atoms in total. The zero-order valence-electron chi connectivity index (χ0n) is 21.1. The lowest BCUT2D eigenvalue weighted by molar-refractivity contribution is 0.0546. The molecule has 5 heterocycles. The van der Waals surface area contributed by atoms with Crippen LogP contribution in [0.3, 0.4) is 0 Å². The highest BCUT2D eigenvalue weighted by Crippen LogP contribution is 2.42. The normalized spacial score (nSPS) is 16.8. The van der Waals surface area contributed by atoms with Crippen molar-refractivity contribution in [2.24, 2.45) is 0 Å². The molecular formula is C27H29N7O3S. The molecule has 0 unspecified atom stereocenters. The number of nitrogens with two attached hydrogens (primary N) is 1. The number of anilines is 2. The summed E-state index contributed by atoms with van der Waals surface area (Å²) in [6.07, 6.45) is 4.20. The number of nitrogen functional groups attached to an aromatic ring is 1. The first-order valence-electron chi connectivity index (χ1n) is 12.8. The summed E-state index contributed by atoms with van der Waals surface area (Å²) >= 11 is 1.64. The summed E-state index contributed by atoms with van der Waals surface area (Å²) < 4.78 is 6.59. The van der Waals surface area contributed by atoms with Gasteiger partial charge in [0.1, 0.15) is 0 Å². The van der Waals surface area contributed by atoms with Gasteiger partial charge in [-0.2, -0.15) is 0 Å². The summed E-state index contributed by atoms with van der Waals surface area (Å²) in [5.74, 6) is 1.61. The molecule has 1 aromatic carbocycles. The van der Waals surface area contributed by atoms with Crippen molar-refractivity contribution in [2.75, 3.05) is 50.0 Å². The Balaban J connectivity index is 1.43. The fraction of sp³-hybridized carbons (Fsp3) is 0.370. The molecule has 2 aliphatic heterocycles. The van der Waals surface area contributed by atoms with Crippen LogP contribution in [-0.2, 0) is 4.74 Å². The molecule has 3 aromatic heterocycles. The van der Waals surface area contributed by atoms with E-state index in [1.165, 1.54) is 0 Å². The highest BCUT2D eigenvalue weighted by molar-refractivity contribution is 7.23. The first-order chi connectivity index (χ1) is 18.5. The van der Waals surface area contributed by atoms with E-state index in [-0.39, 0.29) is 18.0 Å². The molecule has 2 saturated heterocycles. The SMILES string of the molecule is Cc1c(-c2cccc(C(=O)N3CCC(O)CC3)c2)sc2c(N3CCOCC3)nc(-c3cnc(N)nc3)nc12. The Bertz CT molecular complexity index is 1480. The van der Waals surface area contributed by atoms with Gasteiger partial charge in [0.05, 0.1) is 35.1 Å². The number of thiophene rings is 1. The van der Waals surface area contributed by atoms with Crippen molar-refractivity contribution in [1.82, 2.24) is 24.8 Å². The van der Waals surface area contributed by atoms with Crippen LogP contribution in [0, 0.1) is 6.92 Å². The third-order valence-corrected chi connectivity index (χ3v) is 8.44. The summed E-state index contributed by atoms with van der Waals surface area (Å²) in [5, 5.41) is 9.82. The Kier molecular flexibility index (Phi) is 6.64. The number of hydrogen-bond acceptors (Lipinski definition) is 10. The van der Waals surface area contributed by atoms with Gasteiger partial charge >= 0.3 is 0 Å².